The molecule has 0 bridgehead atoms. The van der Waals surface area contributed by atoms with Gasteiger partial charge in [-0.25, -0.2) is 0 Å². The summed E-state index contributed by atoms with van der Waals surface area (Å²) in [5, 5.41) is 0. The number of rotatable bonds is 3. The van der Waals surface area contributed by atoms with E-state index in [0.29, 0.717) is 49.9 Å². The number of amides is 1. The number of carbonyl (C=O) groups is 1. The predicted molar refractivity (Wildman–Crippen MR) is 73.5 cm³/mol. The van der Waals surface area contributed by atoms with Crippen molar-refractivity contribution in [1.29, 1.82) is 0 Å². The third-order valence-electron chi connectivity index (χ3n) is 3.19. The van der Waals surface area contributed by atoms with E-state index < -0.39 is 0 Å². The van der Waals surface area contributed by atoms with Gasteiger partial charge in [-0.3, -0.25) is 4.79 Å². The fraction of sp³-hybridized carbons (Fsp3) is 0.500. The molecule has 1 aromatic rings. The topological polar surface area (TPSA) is 64.8 Å². The van der Waals surface area contributed by atoms with Gasteiger partial charge < -0.3 is 20.1 Å². The molecule has 0 saturated carbocycles. The van der Waals surface area contributed by atoms with Crippen molar-refractivity contribution in [2.24, 2.45) is 0 Å². The molecule has 1 aromatic carbocycles. The molecule has 1 fully saturated rings. The second-order valence-corrected chi connectivity index (χ2v) is 4.54. The maximum atomic E-state index is 12.5. The van der Waals surface area contributed by atoms with E-state index >= 15 is 0 Å². The molecule has 104 valence electrons. The van der Waals surface area contributed by atoms with Crippen LogP contribution >= 0.6 is 0 Å². The van der Waals surface area contributed by atoms with Crippen LogP contribution in [0.4, 0.5) is 5.69 Å². The molecule has 0 spiro atoms. The van der Waals surface area contributed by atoms with Crippen molar-refractivity contribution in [3.05, 3.63) is 23.3 Å². The van der Waals surface area contributed by atoms with Crippen LogP contribution in [0.15, 0.2) is 12.1 Å². The lowest BCUT2D eigenvalue weighted by atomic mass is 10.1. The molecule has 1 saturated heterocycles. The lowest BCUT2D eigenvalue weighted by Crippen LogP contribution is -2.41. The number of anilines is 1. The molecule has 5 nitrogen and oxygen atoms in total. The van der Waals surface area contributed by atoms with Gasteiger partial charge in [0.25, 0.3) is 5.91 Å². The molecule has 5 heteroatoms. The van der Waals surface area contributed by atoms with Crippen molar-refractivity contribution >= 4 is 11.6 Å². The Balaban J connectivity index is 2.27. The number of carbonyl (C=O) groups excluding carboxylic acids is 1. The molecule has 0 unspecified atom stereocenters. The summed E-state index contributed by atoms with van der Waals surface area (Å²) < 4.78 is 10.7. The highest BCUT2D eigenvalue weighted by molar-refractivity contribution is 5.96. The Bertz CT molecular complexity index is 468. The van der Waals surface area contributed by atoms with Crippen LogP contribution in [0, 0.1) is 6.92 Å². The van der Waals surface area contributed by atoms with E-state index in [9.17, 15) is 4.79 Å². The second-order valence-electron chi connectivity index (χ2n) is 4.54. The normalized spacial score (nSPS) is 15.4. The fourth-order valence-corrected chi connectivity index (χ4v) is 2.16. The van der Waals surface area contributed by atoms with Crippen molar-refractivity contribution in [2.45, 2.75) is 13.8 Å². The zero-order valence-corrected chi connectivity index (χ0v) is 11.4. The highest BCUT2D eigenvalue weighted by Gasteiger charge is 2.21. The number of nitrogens with two attached hydrogens (primary N) is 1. The number of nitrogen functional groups attached to an aromatic ring is 1. The van der Waals surface area contributed by atoms with Gasteiger partial charge in [0.1, 0.15) is 5.75 Å². The first-order chi connectivity index (χ1) is 9.13. The van der Waals surface area contributed by atoms with Crippen LogP contribution in [0.1, 0.15) is 22.8 Å². The van der Waals surface area contributed by atoms with Crippen LogP contribution in [0.5, 0.6) is 5.75 Å². The Kier molecular flexibility index (Phi) is 4.27. The quantitative estimate of drug-likeness (QED) is 0.839. The highest BCUT2D eigenvalue weighted by atomic mass is 16.5. The van der Waals surface area contributed by atoms with Gasteiger partial charge in [-0.05, 0) is 31.5 Å². The average Bonchev–Trinajstić information content (AvgIpc) is 2.42. The summed E-state index contributed by atoms with van der Waals surface area (Å²) in [5.41, 5.74) is 7.98. The number of hydrogen-bond acceptors (Lipinski definition) is 4. The molecule has 0 radical (unpaired) electrons. The number of ether oxygens (including phenoxy) is 2. The second kappa shape index (κ2) is 5.93. The summed E-state index contributed by atoms with van der Waals surface area (Å²) in [6.45, 7) is 6.76. The first-order valence-corrected chi connectivity index (χ1v) is 6.53. The Morgan fingerprint density at radius 1 is 1.42 bits per heavy atom. The Morgan fingerprint density at radius 2 is 2.11 bits per heavy atom. The minimum atomic E-state index is 0.0155. The Hall–Kier alpha value is -1.75. The smallest absolute Gasteiger partial charge is 0.254 e. The molecule has 0 atom stereocenters. The van der Waals surface area contributed by atoms with Crippen molar-refractivity contribution in [1.82, 2.24) is 4.90 Å². The zero-order chi connectivity index (χ0) is 13.8. The third kappa shape index (κ3) is 2.98. The summed E-state index contributed by atoms with van der Waals surface area (Å²) in [7, 11) is 0. The standard InChI is InChI=1S/C14H20N2O3/c1-3-19-13-9-11(10(2)8-12(13)15)14(17)16-4-6-18-7-5-16/h8-9H,3-7,15H2,1-2H3. The van der Waals surface area contributed by atoms with Crippen LogP contribution in [0.3, 0.4) is 0 Å². The molecule has 2 rings (SSSR count). The summed E-state index contributed by atoms with van der Waals surface area (Å²) in [4.78, 5) is 14.3. The average molecular weight is 264 g/mol. The highest BCUT2D eigenvalue weighted by Crippen LogP contribution is 2.27. The Labute approximate surface area is 113 Å². The summed E-state index contributed by atoms with van der Waals surface area (Å²) >= 11 is 0. The van der Waals surface area contributed by atoms with Crippen molar-refractivity contribution in [2.75, 3.05) is 38.6 Å². The van der Waals surface area contributed by atoms with E-state index in [1.54, 1.807) is 17.0 Å². The van der Waals surface area contributed by atoms with Gasteiger partial charge >= 0.3 is 0 Å². The van der Waals surface area contributed by atoms with Crippen LogP contribution < -0.4 is 10.5 Å². The van der Waals surface area contributed by atoms with Gasteiger partial charge in [-0.15, -0.1) is 0 Å². The van der Waals surface area contributed by atoms with Crippen LogP contribution in [0.25, 0.3) is 0 Å². The minimum Gasteiger partial charge on any atom is -0.492 e. The third-order valence-corrected chi connectivity index (χ3v) is 3.19. The lowest BCUT2D eigenvalue weighted by molar-refractivity contribution is 0.0302. The van der Waals surface area contributed by atoms with Gasteiger partial charge in [0.2, 0.25) is 0 Å². The molecule has 1 heterocycles. The van der Waals surface area contributed by atoms with E-state index in [1.165, 1.54) is 0 Å². The zero-order valence-electron chi connectivity index (χ0n) is 11.4. The van der Waals surface area contributed by atoms with Crippen molar-refractivity contribution < 1.29 is 14.3 Å². The summed E-state index contributed by atoms with van der Waals surface area (Å²) in [5.74, 6) is 0.589. The molecule has 0 aliphatic carbocycles. The molecule has 19 heavy (non-hydrogen) atoms. The number of morpholine rings is 1. The lowest BCUT2D eigenvalue weighted by Gasteiger charge is -2.27. The van der Waals surface area contributed by atoms with Crippen molar-refractivity contribution in [3.63, 3.8) is 0 Å². The van der Waals surface area contributed by atoms with Crippen LogP contribution in [-0.4, -0.2) is 43.7 Å². The minimum absolute atomic E-state index is 0.0155. The molecule has 2 N–H and O–H groups in total. The monoisotopic (exact) mass is 264 g/mol. The number of aryl methyl sites for hydroxylation is 1. The van der Waals surface area contributed by atoms with Gasteiger partial charge in [-0.1, -0.05) is 0 Å². The fourth-order valence-electron chi connectivity index (χ4n) is 2.16. The molecule has 1 aliphatic heterocycles. The molecule has 0 aromatic heterocycles. The molecular weight excluding hydrogens is 244 g/mol. The first-order valence-electron chi connectivity index (χ1n) is 6.53. The van der Waals surface area contributed by atoms with E-state index in [-0.39, 0.29) is 5.91 Å². The maximum absolute atomic E-state index is 12.5. The van der Waals surface area contributed by atoms with Gasteiger partial charge in [-0.2, -0.15) is 0 Å². The predicted octanol–water partition coefficient (Wildman–Crippen LogP) is 1.45. The molecule has 1 aliphatic rings. The van der Waals surface area contributed by atoms with Gasteiger partial charge in [0.15, 0.2) is 0 Å². The SMILES string of the molecule is CCOc1cc(C(=O)N2CCOCC2)c(C)cc1N. The van der Waals surface area contributed by atoms with E-state index in [0.717, 1.165) is 5.56 Å². The number of hydrogen-bond donors (Lipinski definition) is 1. The number of nitrogens with zero attached hydrogens (tertiary/aromatic N) is 1. The first kappa shape index (κ1) is 13.7. The van der Waals surface area contributed by atoms with Crippen LogP contribution in [0.2, 0.25) is 0 Å². The van der Waals surface area contributed by atoms with Crippen LogP contribution in [-0.2, 0) is 4.74 Å². The van der Waals surface area contributed by atoms with Gasteiger partial charge in [0, 0.05) is 18.7 Å². The van der Waals surface area contributed by atoms with Crippen molar-refractivity contribution in [3.8, 4) is 5.75 Å². The Morgan fingerprint density at radius 3 is 2.74 bits per heavy atom. The summed E-state index contributed by atoms with van der Waals surface area (Å²) in [6, 6.07) is 3.53. The maximum Gasteiger partial charge on any atom is 0.254 e. The largest absolute Gasteiger partial charge is 0.492 e. The van der Waals surface area contributed by atoms with Gasteiger partial charge in [0.05, 0.1) is 25.5 Å². The summed E-state index contributed by atoms with van der Waals surface area (Å²) in [6.07, 6.45) is 0. The van der Waals surface area contributed by atoms with E-state index in [1.807, 2.05) is 13.8 Å². The van der Waals surface area contributed by atoms with E-state index in [2.05, 4.69) is 0 Å². The molecular formula is C14H20N2O3. The number of benzene rings is 1. The molecule has 1 amide bonds. The van der Waals surface area contributed by atoms with E-state index in [4.69, 9.17) is 15.2 Å².